The van der Waals surface area contributed by atoms with Gasteiger partial charge in [0.05, 0.1) is 12.6 Å². The fourth-order valence-corrected chi connectivity index (χ4v) is 7.82. The van der Waals surface area contributed by atoms with E-state index >= 15 is 8.78 Å². The summed E-state index contributed by atoms with van der Waals surface area (Å²) in [5.41, 5.74) is 6.32. The summed E-state index contributed by atoms with van der Waals surface area (Å²) in [5.74, 6) is -4.72. The van der Waals surface area contributed by atoms with Gasteiger partial charge in [0.1, 0.15) is 11.9 Å². The number of carbonyl (C=O) groups is 4. The molecule has 3 aliphatic rings. The van der Waals surface area contributed by atoms with E-state index in [0.717, 1.165) is 4.88 Å². The number of benzene rings is 2. The summed E-state index contributed by atoms with van der Waals surface area (Å²) in [6.45, 7) is 4.40. The van der Waals surface area contributed by atoms with Gasteiger partial charge < -0.3 is 31.9 Å². The molecule has 2 aromatic carbocycles. The van der Waals surface area contributed by atoms with Crippen LogP contribution in [0, 0.1) is 10.8 Å². The van der Waals surface area contributed by atoms with Crippen molar-refractivity contribution in [3.63, 3.8) is 0 Å². The first-order chi connectivity index (χ1) is 22.8. The number of nitrogen functional groups attached to an aromatic ring is 1. The van der Waals surface area contributed by atoms with Crippen molar-refractivity contribution in [2.75, 3.05) is 26.2 Å². The second-order valence-electron chi connectivity index (χ2n) is 12.7. The molecule has 6 rings (SSSR count). The number of amidine groups is 1. The Morgan fingerprint density at radius 1 is 1.02 bits per heavy atom. The summed E-state index contributed by atoms with van der Waals surface area (Å²) >= 11 is 1.37. The number of nitrogens with two attached hydrogens (primary N) is 1. The molecule has 2 fully saturated rings. The SMILES string of the molecule is CC(=O)NCCNC[C@@]12C[C@@H]1N(C(=O)CNC(=O)c1ccc3c(c1)-c1ccccc1C3(F)F)[C@H](C(=O)NC(C)c1cc(C(=N)N)cs1)C2. The van der Waals surface area contributed by atoms with E-state index in [1.165, 1.54) is 42.5 Å². The summed E-state index contributed by atoms with van der Waals surface area (Å²) < 4.78 is 30.0. The highest BCUT2D eigenvalue weighted by Gasteiger charge is 2.66. The van der Waals surface area contributed by atoms with Gasteiger partial charge in [-0.25, -0.2) is 0 Å². The summed E-state index contributed by atoms with van der Waals surface area (Å²) in [7, 11) is 0. The number of likely N-dealkylation sites (tertiary alicyclic amines) is 1. The van der Waals surface area contributed by atoms with E-state index in [4.69, 9.17) is 11.1 Å². The molecule has 252 valence electrons. The molecule has 2 aliphatic carbocycles. The normalized spacial score (nSPS) is 21.8. The van der Waals surface area contributed by atoms with Crippen molar-refractivity contribution in [2.24, 2.45) is 11.1 Å². The van der Waals surface area contributed by atoms with Gasteiger partial charge in [0.25, 0.3) is 11.8 Å². The molecule has 1 unspecified atom stereocenters. The first-order valence-corrected chi connectivity index (χ1v) is 16.6. The first kappa shape index (κ1) is 33.2. The van der Waals surface area contributed by atoms with E-state index in [-0.39, 0.29) is 57.9 Å². The van der Waals surface area contributed by atoms with Gasteiger partial charge in [-0.15, -0.1) is 11.3 Å². The topological polar surface area (TPSA) is 170 Å². The van der Waals surface area contributed by atoms with Crippen molar-refractivity contribution >= 4 is 40.8 Å². The van der Waals surface area contributed by atoms with Crippen molar-refractivity contribution in [1.29, 1.82) is 5.41 Å². The molecular formula is C34H37F2N7O4S. The number of alkyl halides is 2. The Bertz CT molecular complexity index is 1810. The highest BCUT2D eigenvalue weighted by Crippen LogP contribution is 2.59. The van der Waals surface area contributed by atoms with E-state index < -0.39 is 29.8 Å². The first-order valence-electron chi connectivity index (χ1n) is 15.7. The number of nitrogens with one attached hydrogen (secondary N) is 5. The Morgan fingerprint density at radius 3 is 2.50 bits per heavy atom. The molecule has 1 saturated heterocycles. The minimum atomic E-state index is -3.17. The molecule has 48 heavy (non-hydrogen) atoms. The Hall–Kier alpha value is -4.69. The summed E-state index contributed by atoms with van der Waals surface area (Å²) in [5, 5.41) is 21.1. The lowest BCUT2D eigenvalue weighted by molar-refractivity contribution is -0.139. The number of nitrogens with zero attached hydrogens (tertiary/aromatic N) is 1. The van der Waals surface area contributed by atoms with Gasteiger partial charge in [0.2, 0.25) is 17.7 Å². The number of piperidine rings is 1. The third-order valence-electron chi connectivity index (χ3n) is 9.45. The zero-order valence-electron chi connectivity index (χ0n) is 26.5. The Kier molecular flexibility index (Phi) is 8.81. The molecule has 1 aliphatic heterocycles. The van der Waals surface area contributed by atoms with Gasteiger partial charge in [-0.1, -0.05) is 30.3 Å². The van der Waals surface area contributed by atoms with Crippen LogP contribution >= 0.6 is 11.3 Å². The molecule has 4 atom stereocenters. The number of halogens is 2. The molecule has 4 amide bonds. The molecule has 2 heterocycles. The second-order valence-corrected chi connectivity index (χ2v) is 13.7. The minimum Gasteiger partial charge on any atom is -0.384 e. The van der Waals surface area contributed by atoms with Gasteiger partial charge >= 0.3 is 0 Å². The molecule has 14 heteroatoms. The van der Waals surface area contributed by atoms with Crippen molar-refractivity contribution < 1.29 is 28.0 Å². The van der Waals surface area contributed by atoms with Gasteiger partial charge in [-0.3, -0.25) is 24.6 Å². The Balaban J connectivity index is 1.14. The number of carbonyl (C=O) groups excluding carboxylic acids is 4. The number of hydrogen-bond donors (Lipinski definition) is 6. The highest BCUT2D eigenvalue weighted by atomic mass is 32.1. The van der Waals surface area contributed by atoms with Crippen molar-refractivity contribution in [2.45, 2.75) is 50.7 Å². The van der Waals surface area contributed by atoms with Crippen molar-refractivity contribution in [3.8, 4) is 11.1 Å². The quantitative estimate of drug-likeness (QED) is 0.0979. The average molecular weight is 678 g/mol. The van der Waals surface area contributed by atoms with Crippen LogP contribution in [0.1, 0.15) is 64.7 Å². The summed E-state index contributed by atoms with van der Waals surface area (Å²) in [6, 6.07) is 10.5. The lowest BCUT2D eigenvalue weighted by Gasteiger charge is -2.28. The zero-order valence-corrected chi connectivity index (χ0v) is 27.3. The maximum atomic E-state index is 15.0. The molecule has 0 radical (unpaired) electrons. The number of hydrogen-bond acceptors (Lipinski definition) is 7. The van der Waals surface area contributed by atoms with Crippen molar-refractivity contribution in [1.82, 2.24) is 26.2 Å². The lowest BCUT2D eigenvalue weighted by Crippen LogP contribution is -2.51. The van der Waals surface area contributed by atoms with E-state index in [1.807, 2.05) is 6.92 Å². The fraction of sp³-hybridized carbons (Fsp3) is 0.382. The van der Waals surface area contributed by atoms with Crippen LogP contribution in [0.5, 0.6) is 0 Å². The molecule has 11 nitrogen and oxygen atoms in total. The van der Waals surface area contributed by atoms with Crippen LogP contribution in [0.25, 0.3) is 11.1 Å². The van der Waals surface area contributed by atoms with Crippen LogP contribution in [-0.4, -0.2) is 72.6 Å². The Labute approximate surface area is 280 Å². The number of amides is 4. The summed E-state index contributed by atoms with van der Waals surface area (Å²) in [6.07, 6.45) is 1.11. The third-order valence-corrected chi connectivity index (χ3v) is 10.6. The fourth-order valence-electron chi connectivity index (χ4n) is 6.90. The zero-order chi connectivity index (χ0) is 34.4. The molecule has 7 N–H and O–H groups in total. The second kappa shape index (κ2) is 12.7. The average Bonchev–Trinajstić information content (AvgIpc) is 3.33. The largest absolute Gasteiger partial charge is 0.384 e. The molecule has 1 aromatic heterocycles. The predicted molar refractivity (Wildman–Crippen MR) is 177 cm³/mol. The monoisotopic (exact) mass is 677 g/mol. The lowest BCUT2D eigenvalue weighted by atomic mass is 9.98. The Morgan fingerprint density at radius 2 is 1.77 bits per heavy atom. The van der Waals surface area contributed by atoms with Gasteiger partial charge in [0.15, 0.2) is 0 Å². The van der Waals surface area contributed by atoms with Crippen LogP contribution in [0.3, 0.4) is 0 Å². The molecule has 3 aromatic rings. The van der Waals surface area contributed by atoms with E-state index in [0.29, 0.717) is 43.6 Å². The molecule has 1 saturated carbocycles. The van der Waals surface area contributed by atoms with E-state index in [1.54, 1.807) is 34.5 Å². The molecule has 0 bridgehead atoms. The molecule has 0 spiro atoms. The van der Waals surface area contributed by atoms with Crippen molar-refractivity contribution in [3.05, 3.63) is 81.0 Å². The minimum absolute atomic E-state index is 0.0682. The van der Waals surface area contributed by atoms with Crippen LogP contribution in [-0.2, 0) is 20.3 Å². The van der Waals surface area contributed by atoms with Crippen LogP contribution < -0.4 is 27.0 Å². The van der Waals surface area contributed by atoms with Gasteiger partial charge in [0, 0.05) is 70.5 Å². The molecular weight excluding hydrogens is 640 g/mol. The maximum Gasteiger partial charge on any atom is 0.299 e. The van der Waals surface area contributed by atoms with E-state index in [9.17, 15) is 19.2 Å². The standard InChI is InChI=1S/C34H37F2N7O4S/c1-18(27-12-21(16-48-27)30(37)38)42-32(47)26-13-33(17-39-9-10-40-19(2)44)14-28(33)43(26)29(45)15-41-31(46)20-7-8-25-23(11-20)22-5-3-4-6-24(22)34(25,35)36/h3-8,11-12,16,18,26,28,39H,9-10,13-15,17H2,1-2H3,(H3,37,38)(H,40,44)(H,41,46)(H,42,47)/t18?,26-,28-,33+/m0/s1. The van der Waals surface area contributed by atoms with Crippen LogP contribution in [0.4, 0.5) is 8.78 Å². The van der Waals surface area contributed by atoms with Gasteiger partial charge in [-0.2, -0.15) is 8.78 Å². The third kappa shape index (κ3) is 6.17. The van der Waals surface area contributed by atoms with Gasteiger partial charge in [-0.05, 0) is 49.1 Å². The van der Waals surface area contributed by atoms with E-state index in [2.05, 4.69) is 21.3 Å². The maximum absolute atomic E-state index is 15.0. The number of thiophene rings is 1. The number of fused-ring (bicyclic) bond motifs is 4. The smallest absolute Gasteiger partial charge is 0.299 e. The predicted octanol–water partition coefficient (Wildman–Crippen LogP) is 2.85. The van der Waals surface area contributed by atoms with Crippen LogP contribution in [0.15, 0.2) is 53.9 Å². The van der Waals surface area contributed by atoms with Crippen LogP contribution in [0.2, 0.25) is 0 Å². The number of rotatable bonds is 12. The highest BCUT2D eigenvalue weighted by molar-refractivity contribution is 7.10. The summed E-state index contributed by atoms with van der Waals surface area (Å²) in [4.78, 5) is 54.2.